The zero-order chi connectivity index (χ0) is 8.43. The molecule has 11 heavy (non-hydrogen) atoms. The number of nitrogen functional groups attached to an aromatic ring is 1. The molecule has 0 aliphatic heterocycles. The number of aryl methyl sites for hydroxylation is 1. The van der Waals surface area contributed by atoms with Gasteiger partial charge < -0.3 is 11.1 Å². The highest BCUT2D eigenvalue weighted by atomic mass is 15.3. The Labute approximate surface area is 66.4 Å². The Kier molecular flexibility index (Phi) is 2.03. The van der Waals surface area contributed by atoms with Gasteiger partial charge in [0.2, 0.25) is 0 Å². The first kappa shape index (κ1) is 7.91. The minimum atomic E-state index is 0.382. The summed E-state index contributed by atoms with van der Waals surface area (Å²) in [5, 5.41) is 7.20. The summed E-state index contributed by atoms with van der Waals surface area (Å²) >= 11 is 0. The van der Waals surface area contributed by atoms with Crippen LogP contribution in [-0.4, -0.2) is 15.8 Å². The first-order valence-corrected chi connectivity index (χ1v) is 3.65. The molecule has 0 saturated carbocycles. The molecule has 1 rings (SSSR count). The van der Waals surface area contributed by atoms with Gasteiger partial charge in [0.05, 0.1) is 11.9 Å². The highest BCUT2D eigenvalue weighted by molar-refractivity contribution is 5.60. The van der Waals surface area contributed by atoms with Crippen LogP contribution in [0.25, 0.3) is 0 Å². The number of hydrogen-bond acceptors (Lipinski definition) is 3. The normalized spacial score (nSPS) is 10.5. The topological polar surface area (TPSA) is 55.9 Å². The van der Waals surface area contributed by atoms with Gasteiger partial charge in [0, 0.05) is 13.1 Å². The lowest BCUT2D eigenvalue weighted by Crippen LogP contribution is -2.14. The van der Waals surface area contributed by atoms with E-state index in [0.717, 1.165) is 5.82 Å². The maximum absolute atomic E-state index is 5.64. The predicted octanol–water partition coefficient (Wildman–Crippen LogP) is 0.823. The molecule has 0 aliphatic rings. The van der Waals surface area contributed by atoms with Crippen molar-refractivity contribution in [2.75, 3.05) is 11.1 Å². The average Bonchev–Trinajstić information content (AvgIpc) is 2.18. The molecule has 0 spiro atoms. The van der Waals surface area contributed by atoms with Gasteiger partial charge in [-0.3, -0.25) is 4.68 Å². The molecule has 0 bridgehead atoms. The first-order valence-electron chi connectivity index (χ1n) is 3.65. The van der Waals surface area contributed by atoms with Crippen LogP contribution in [0.3, 0.4) is 0 Å². The number of nitrogens with one attached hydrogen (secondary N) is 1. The molecule has 1 aromatic heterocycles. The number of nitrogens with zero attached hydrogens (tertiary/aromatic N) is 2. The van der Waals surface area contributed by atoms with E-state index in [4.69, 9.17) is 5.73 Å². The number of hydrogen-bond donors (Lipinski definition) is 2. The monoisotopic (exact) mass is 154 g/mol. The fourth-order valence-corrected chi connectivity index (χ4v) is 0.905. The van der Waals surface area contributed by atoms with Gasteiger partial charge >= 0.3 is 0 Å². The fourth-order valence-electron chi connectivity index (χ4n) is 0.905. The average molecular weight is 154 g/mol. The molecular formula is C7H14N4. The van der Waals surface area contributed by atoms with Crippen LogP contribution in [0.5, 0.6) is 0 Å². The third kappa shape index (κ3) is 1.63. The standard InChI is InChI=1S/C7H14N4/c1-5(2)10-7-6(8)4-9-11(7)3/h4-5,10H,8H2,1-3H3. The summed E-state index contributed by atoms with van der Waals surface area (Å²) in [5.74, 6) is 0.889. The van der Waals surface area contributed by atoms with Gasteiger partial charge in [-0.1, -0.05) is 0 Å². The molecule has 0 aliphatic carbocycles. The second-order valence-corrected chi connectivity index (χ2v) is 2.87. The zero-order valence-corrected chi connectivity index (χ0v) is 7.13. The van der Waals surface area contributed by atoms with Gasteiger partial charge in [-0.25, -0.2) is 0 Å². The summed E-state index contributed by atoms with van der Waals surface area (Å²) in [6, 6.07) is 0.382. The van der Waals surface area contributed by atoms with E-state index in [0.29, 0.717) is 11.7 Å². The molecule has 0 unspecified atom stereocenters. The quantitative estimate of drug-likeness (QED) is 0.663. The molecule has 4 nitrogen and oxygen atoms in total. The van der Waals surface area contributed by atoms with Crippen molar-refractivity contribution in [3.63, 3.8) is 0 Å². The minimum absolute atomic E-state index is 0.382. The summed E-state index contributed by atoms with van der Waals surface area (Å²) in [6.45, 7) is 4.12. The van der Waals surface area contributed by atoms with Gasteiger partial charge in [0.25, 0.3) is 0 Å². The lowest BCUT2D eigenvalue weighted by molar-refractivity contribution is 0.754. The Morgan fingerprint density at radius 3 is 2.64 bits per heavy atom. The van der Waals surface area contributed by atoms with Crippen LogP contribution in [0, 0.1) is 0 Å². The van der Waals surface area contributed by atoms with E-state index in [1.54, 1.807) is 10.9 Å². The molecule has 3 N–H and O–H groups in total. The Morgan fingerprint density at radius 1 is 1.64 bits per heavy atom. The maximum atomic E-state index is 5.64. The summed E-state index contributed by atoms with van der Waals surface area (Å²) in [7, 11) is 1.86. The van der Waals surface area contributed by atoms with Crippen molar-refractivity contribution in [1.29, 1.82) is 0 Å². The SMILES string of the molecule is CC(C)Nc1c(N)cnn1C. The van der Waals surface area contributed by atoms with Crippen LogP contribution < -0.4 is 11.1 Å². The molecule has 0 amide bonds. The fraction of sp³-hybridized carbons (Fsp3) is 0.571. The highest BCUT2D eigenvalue weighted by Crippen LogP contribution is 2.16. The van der Waals surface area contributed by atoms with Crippen LogP contribution in [-0.2, 0) is 7.05 Å². The third-order valence-electron chi connectivity index (χ3n) is 1.39. The summed E-state index contributed by atoms with van der Waals surface area (Å²) in [5.41, 5.74) is 6.34. The van der Waals surface area contributed by atoms with Gasteiger partial charge in [0.15, 0.2) is 0 Å². The predicted molar refractivity (Wildman–Crippen MR) is 46.4 cm³/mol. The Hall–Kier alpha value is -1.19. The van der Waals surface area contributed by atoms with Gasteiger partial charge in [0.1, 0.15) is 5.82 Å². The van der Waals surface area contributed by atoms with E-state index in [1.807, 2.05) is 7.05 Å². The molecule has 0 radical (unpaired) electrons. The lowest BCUT2D eigenvalue weighted by atomic mass is 10.4. The Morgan fingerprint density at radius 2 is 2.27 bits per heavy atom. The number of nitrogens with two attached hydrogens (primary N) is 1. The second kappa shape index (κ2) is 2.82. The van der Waals surface area contributed by atoms with Crippen LogP contribution in [0.1, 0.15) is 13.8 Å². The van der Waals surface area contributed by atoms with E-state index >= 15 is 0 Å². The Balaban J connectivity index is 2.83. The molecule has 0 fully saturated rings. The lowest BCUT2D eigenvalue weighted by Gasteiger charge is -2.10. The molecule has 62 valence electrons. The summed E-state index contributed by atoms with van der Waals surface area (Å²) in [4.78, 5) is 0. The van der Waals surface area contributed by atoms with Crippen LogP contribution in [0.15, 0.2) is 6.20 Å². The van der Waals surface area contributed by atoms with Crippen molar-refractivity contribution in [2.45, 2.75) is 19.9 Å². The van der Waals surface area contributed by atoms with E-state index in [1.165, 1.54) is 0 Å². The third-order valence-corrected chi connectivity index (χ3v) is 1.39. The molecule has 4 heteroatoms. The van der Waals surface area contributed by atoms with Crippen molar-refractivity contribution in [3.8, 4) is 0 Å². The molecule has 0 atom stereocenters. The van der Waals surface area contributed by atoms with E-state index < -0.39 is 0 Å². The highest BCUT2D eigenvalue weighted by Gasteiger charge is 2.04. The smallest absolute Gasteiger partial charge is 0.147 e. The molecule has 1 heterocycles. The van der Waals surface area contributed by atoms with Gasteiger partial charge in [-0.05, 0) is 13.8 Å². The van der Waals surface area contributed by atoms with Crippen molar-refractivity contribution in [3.05, 3.63) is 6.20 Å². The van der Waals surface area contributed by atoms with Crippen LogP contribution >= 0.6 is 0 Å². The zero-order valence-electron chi connectivity index (χ0n) is 7.13. The van der Waals surface area contributed by atoms with Crippen molar-refractivity contribution < 1.29 is 0 Å². The number of aromatic nitrogens is 2. The molecule has 0 aromatic carbocycles. The molecule has 0 saturated heterocycles. The van der Waals surface area contributed by atoms with Gasteiger partial charge in [-0.15, -0.1) is 0 Å². The summed E-state index contributed by atoms with van der Waals surface area (Å²) in [6.07, 6.45) is 1.64. The van der Waals surface area contributed by atoms with Gasteiger partial charge in [-0.2, -0.15) is 5.10 Å². The second-order valence-electron chi connectivity index (χ2n) is 2.87. The molecule has 1 aromatic rings. The number of anilines is 2. The van der Waals surface area contributed by atoms with Crippen LogP contribution in [0.4, 0.5) is 11.5 Å². The Bertz CT molecular complexity index is 219. The van der Waals surface area contributed by atoms with Crippen molar-refractivity contribution in [1.82, 2.24) is 9.78 Å². The minimum Gasteiger partial charge on any atom is -0.394 e. The van der Waals surface area contributed by atoms with Crippen LogP contribution in [0.2, 0.25) is 0 Å². The first-order chi connectivity index (χ1) is 5.11. The van der Waals surface area contributed by atoms with E-state index in [-0.39, 0.29) is 0 Å². The van der Waals surface area contributed by atoms with E-state index in [2.05, 4.69) is 24.3 Å². The number of rotatable bonds is 2. The summed E-state index contributed by atoms with van der Waals surface area (Å²) < 4.78 is 1.73. The maximum Gasteiger partial charge on any atom is 0.147 e. The van der Waals surface area contributed by atoms with Crippen molar-refractivity contribution in [2.24, 2.45) is 7.05 Å². The largest absolute Gasteiger partial charge is 0.394 e. The molecular weight excluding hydrogens is 140 g/mol. The van der Waals surface area contributed by atoms with Crippen molar-refractivity contribution >= 4 is 11.5 Å². The van der Waals surface area contributed by atoms with E-state index in [9.17, 15) is 0 Å².